The van der Waals surface area contributed by atoms with Crippen molar-refractivity contribution in [1.82, 2.24) is 10.2 Å². The highest BCUT2D eigenvalue weighted by Gasteiger charge is 2.49. The molecule has 2 fully saturated rings. The second-order valence-corrected chi connectivity index (χ2v) is 6.11. The van der Waals surface area contributed by atoms with Crippen LogP contribution in [0.4, 0.5) is 4.39 Å². The van der Waals surface area contributed by atoms with E-state index in [1.54, 1.807) is 18.2 Å². The first-order chi connectivity index (χ1) is 10.7. The van der Waals surface area contributed by atoms with Crippen LogP contribution in [0.15, 0.2) is 24.3 Å². The zero-order valence-corrected chi connectivity index (χ0v) is 12.6. The normalized spacial score (nSPS) is 23.4. The second-order valence-electron chi connectivity index (χ2n) is 6.11. The Labute approximate surface area is 129 Å². The van der Waals surface area contributed by atoms with Crippen LogP contribution in [0.5, 0.6) is 0 Å². The van der Waals surface area contributed by atoms with E-state index in [1.807, 2.05) is 4.90 Å². The summed E-state index contributed by atoms with van der Waals surface area (Å²) in [5.74, 6) is -0.508. The van der Waals surface area contributed by atoms with Gasteiger partial charge >= 0.3 is 0 Å². The molecule has 1 saturated carbocycles. The van der Waals surface area contributed by atoms with E-state index in [0.29, 0.717) is 24.9 Å². The van der Waals surface area contributed by atoms with E-state index in [-0.39, 0.29) is 29.5 Å². The summed E-state index contributed by atoms with van der Waals surface area (Å²) in [7, 11) is 0. The Hall–Kier alpha value is -1.91. The van der Waals surface area contributed by atoms with Gasteiger partial charge in [-0.05, 0) is 37.3 Å². The van der Waals surface area contributed by atoms with Gasteiger partial charge in [0.1, 0.15) is 5.82 Å². The number of halogens is 1. The SMILES string of the molecule is O=C(NCCc1ccccc1F)C1CC1C(=O)N1CCCC1. The van der Waals surface area contributed by atoms with Crippen LogP contribution in [-0.4, -0.2) is 36.3 Å². The van der Waals surface area contributed by atoms with Gasteiger partial charge in [0.15, 0.2) is 0 Å². The highest BCUT2D eigenvalue weighted by molar-refractivity contribution is 5.92. The van der Waals surface area contributed by atoms with Gasteiger partial charge in [-0.1, -0.05) is 18.2 Å². The fourth-order valence-electron chi connectivity index (χ4n) is 3.08. The predicted octanol–water partition coefficient (Wildman–Crippen LogP) is 1.74. The topological polar surface area (TPSA) is 49.4 Å². The molecule has 0 aromatic heterocycles. The predicted molar refractivity (Wildman–Crippen MR) is 80.5 cm³/mol. The van der Waals surface area contributed by atoms with E-state index in [0.717, 1.165) is 25.9 Å². The van der Waals surface area contributed by atoms with Gasteiger partial charge in [0.05, 0.1) is 11.8 Å². The fourth-order valence-corrected chi connectivity index (χ4v) is 3.08. The quantitative estimate of drug-likeness (QED) is 0.901. The van der Waals surface area contributed by atoms with E-state index in [9.17, 15) is 14.0 Å². The average molecular weight is 304 g/mol. The zero-order valence-electron chi connectivity index (χ0n) is 12.6. The van der Waals surface area contributed by atoms with Crippen molar-refractivity contribution in [1.29, 1.82) is 0 Å². The van der Waals surface area contributed by atoms with Crippen molar-refractivity contribution in [2.24, 2.45) is 11.8 Å². The number of nitrogens with zero attached hydrogens (tertiary/aromatic N) is 1. The first kappa shape index (κ1) is 15.0. The van der Waals surface area contributed by atoms with E-state index in [2.05, 4.69) is 5.32 Å². The maximum atomic E-state index is 13.5. The standard InChI is InChI=1S/C17H21FN2O2/c18-15-6-2-1-5-12(15)7-8-19-16(21)13-11-14(13)17(22)20-9-3-4-10-20/h1-2,5-6,13-14H,3-4,7-11H2,(H,19,21). The highest BCUT2D eigenvalue weighted by Crippen LogP contribution is 2.40. The highest BCUT2D eigenvalue weighted by atomic mass is 19.1. The lowest BCUT2D eigenvalue weighted by molar-refractivity contribution is -0.133. The second kappa shape index (κ2) is 6.46. The molecule has 22 heavy (non-hydrogen) atoms. The Morgan fingerprint density at radius 1 is 1.18 bits per heavy atom. The molecule has 5 heteroatoms. The third kappa shape index (κ3) is 3.29. The minimum absolute atomic E-state index is 0.0751. The van der Waals surface area contributed by atoms with E-state index >= 15 is 0 Å². The molecule has 1 saturated heterocycles. The van der Waals surface area contributed by atoms with Gasteiger partial charge in [-0.2, -0.15) is 0 Å². The minimum atomic E-state index is -0.245. The molecule has 2 aliphatic rings. The summed E-state index contributed by atoms with van der Waals surface area (Å²) < 4.78 is 13.5. The molecule has 0 bridgehead atoms. The molecule has 2 unspecified atom stereocenters. The molecule has 0 radical (unpaired) electrons. The van der Waals surface area contributed by atoms with Gasteiger partial charge in [-0.25, -0.2) is 4.39 Å². The molecule has 1 heterocycles. The number of likely N-dealkylation sites (tertiary alicyclic amines) is 1. The average Bonchev–Trinajstić information content (AvgIpc) is 3.13. The van der Waals surface area contributed by atoms with Gasteiger partial charge in [-0.3, -0.25) is 9.59 Å². The van der Waals surface area contributed by atoms with Crippen LogP contribution in [-0.2, 0) is 16.0 Å². The summed E-state index contributed by atoms with van der Waals surface area (Å²) in [6, 6.07) is 6.57. The largest absolute Gasteiger partial charge is 0.356 e. The van der Waals surface area contributed by atoms with Crippen molar-refractivity contribution in [3.8, 4) is 0 Å². The molecule has 1 aliphatic carbocycles. The zero-order chi connectivity index (χ0) is 15.5. The van der Waals surface area contributed by atoms with Crippen molar-refractivity contribution in [3.63, 3.8) is 0 Å². The molecule has 1 aromatic rings. The molecular weight excluding hydrogens is 283 g/mol. The lowest BCUT2D eigenvalue weighted by atomic mass is 10.1. The fraction of sp³-hybridized carbons (Fsp3) is 0.529. The molecule has 118 valence electrons. The van der Waals surface area contributed by atoms with E-state index in [4.69, 9.17) is 0 Å². The van der Waals surface area contributed by atoms with Crippen molar-refractivity contribution in [3.05, 3.63) is 35.6 Å². The van der Waals surface area contributed by atoms with Crippen molar-refractivity contribution in [2.75, 3.05) is 19.6 Å². The molecule has 4 nitrogen and oxygen atoms in total. The van der Waals surface area contributed by atoms with Gasteiger partial charge < -0.3 is 10.2 Å². The number of hydrogen-bond donors (Lipinski definition) is 1. The molecular formula is C17H21FN2O2. The number of amides is 2. The van der Waals surface area contributed by atoms with Gasteiger partial charge in [0.25, 0.3) is 0 Å². The Morgan fingerprint density at radius 3 is 2.64 bits per heavy atom. The molecule has 1 aliphatic heterocycles. The summed E-state index contributed by atoms with van der Waals surface area (Å²) in [5, 5.41) is 2.82. The number of hydrogen-bond acceptors (Lipinski definition) is 2. The van der Waals surface area contributed by atoms with Gasteiger partial charge in [0, 0.05) is 19.6 Å². The summed E-state index contributed by atoms with van der Waals surface area (Å²) >= 11 is 0. The number of nitrogens with one attached hydrogen (secondary N) is 1. The van der Waals surface area contributed by atoms with Crippen LogP contribution < -0.4 is 5.32 Å². The van der Waals surface area contributed by atoms with E-state index in [1.165, 1.54) is 6.07 Å². The summed E-state index contributed by atoms with van der Waals surface area (Å²) in [4.78, 5) is 26.1. The lowest BCUT2D eigenvalue weighted by Crippen LogP contribution is -2.33. The third-order valence-electron chi connectivity index (χ3n) is 4.51. The summed E-state index contributed by atoms with van der Waals surface area (Å²) in [6.07, 6.45) is 3.26. The number of rotatable bonds is 5. The lowest BCUT2D eigenvalue weighted by Gasteiger charge is -2.14. The number of carbonyl (C=O) groups excluding carboxylic acids is 2. The monoisotopic (exact) mass is 304 g/mol. The van der Waals surface area contributed by atoms with Crippen LogP contribution >= 0.6 is 0 Å². The number of benzene rings is 1. The molecule has 2 amide bonds. The Balaban J connectivity index is 1.42. The first-order valence-corrected chi connectivity index (χ1v) is 7.96. The van der Waals surface area contributed by atoms with Crippen LogP contribution in [0, 0.1) is 17.7 Å². The van der Waals surface area contributed by atoms with Crippen LogP contribution in [0.25, 0.3) is 0 Å². The molecule has 0 spiro atoms. The van der Waals surface area contributed by atoms with Crippen LogP contribution in [0.2, 0.25) is 0 Å². The summed E-state index contributed by atoms with van der Waals surface area (Å²) in [6.45, 7) is 2.06. The minimum Gasteiger partial charge on any atom is -0.356 e. The molecule has 2 atom stereocenters. The molecule has 1 N–H and O–H groups in total. The Kier molecular flexibility index (Phi) is 4.41. The maximum Gasteiger partial charge on any atom is 0.226 e. The van der Waals surface area contributed by atoms with E-state index < -0.39 is 0 Å². The van der Waals surface area contributed by atoms with Crippen LogP contribution in [0.1, 0.15) is 24.8 Å². The van der Waals surface area contributed by atoms with Crippen molar-refractivity contribution < 1.29 is 14.0 Å². The number of carbonyl (C=O) groups is 2. The van der Waals surface area contributed by atoms with Crippen LogP contribution in [0.3, 0.4) is 0 Å². The smallest absolute Gasteiger partial charge is 0.226 e. The van der Waals surface area contributed by atoms with Crippen molar-refractivity contribution >= 4 is 11.8 Å². The Morgan fingerprint density at radius 2 is 1.91 bits per heavy atom. The molecule has 3 rings (SSSR count). The van der Waals surface area contributed by atoms with Gasteiger partial charge in [0.2, 0.25) is 11.8 Å². The Bertz CT molecular complexity index is 570. The third-order valence-corrected chi connectivity index (χ3v) is 4.51. The van der Waals surface area contributed by atoms with Gasteiger partial charge in [-0.15, -0.1) is 0 Å². The van der Waals surface area contributed by atoms with Crippen molar-refractivity contribution in [2.45, 2.75) is 25.7 Å². The summed E-state index contributed by atoms with van der Waals surface area (Å²) in [5.41, 5.74) is 0.600. The first-order valence-electron chi connectivity index (χ1n) is 7.96. The molecule has 1 aromatic carbocycles. The maximum absolute atomic E-state index is 13.5.